The van der Waals surface area contributed by atoms with Crippen molar-refractivity contribution in [3.63, 3.8) is 0 Å². The number of piperidine rings is 1. The van der Waals surface area contributed by atoms with Crippen molar-refractivity contribution in [3.05, 3.63) is 118 Å². The average molecular weight is 962 g/mol. The number of benzene rings is 2. The molecule has 360 valence electrons. The molecule has 68 heavy (non-hydrogen) atoms. The number of aliphatic imine (C=N–C) groups is 1. The van der Waals surface area contributed by atoms with Crippen LogP contribution in [0.1, 0.15) is 108 Å². The summed E-state index contributed by atoms with van der Waals surface area (Å²) in [7, 11) is 0. The summed E-state index contributed by atoms with van der Waals surface area (Å²) in [5, 5.41) is 13.5. The van der Waals surface area contributed by atoms with E-state index in [1.54, 1.807) is 16.2 Å². The van der Waals surface area contributed by atoms with Gasteiger partial charge >= 0.3 is 0 Å². The molecule has 0 spiro atoms. The Labute approximate surface area is 409 Å². The van der Waals surface area contributed by atoms with Crippen LogP contribution in [0.4, 0.5) is 5.69 Å². The summed E-state index contributed by atoms with van der Waals surface area (Å²) in [5.74, 6) is 0.802. The van der Waals surface area contributed by atoms with E-state index in [2.05, 4.69) is 52.1 Å². The van der Waals surface area contributed by atoms with E-state index in [-0.39, 0.29) is 48.8 Å². The number of nitrogens with zero attached hydrogens (tertiary/aromatic N) is 5. The number of likely N-dealkylation sites (tertiary alicyclic amines) is 2. The van der Waals surface area contributed by atoms with Crippen molar-refractivity contribution in [1.29, 1.82) is 0 Å². The zero-order valence-corrected chi connectivity index (χ0v) is 42.1. The highest BCUT2D eigenvalue weighted by atomic mass is 35.5. The van der Waals surface area contributed by atoms with Crippen LogP contribution >= 0.6 is 22.9 Å². The van der Waals surface area contributed by atoms with Gasteiger partial charge in [0.05, 0.1) is 56.7 Å². The summed E-state index contributed by atoms with van der Waals surface area (Å²) in [6.45, 7) is 19.3. The zero-order valence-electron chi connectivity index (χ0n) is 40.5. The molecular weight excluding hydrogens is 896 g/mol. The van der Waals surface area contributed by atoms with E-state index in [0.717, 1.165) is 71.4 Å². The molecule has 1 aliphatic carbocycles. The lowest BCUT2D eigenvalue weighted by atomic mass is 9.76. The fourth-order valence-corrected chi connectivity index (χ4v) is 12.0. The summed E-state index contributed by atoms with van der Waals surface area (Å²) in [4.78, 5) is 58.4. The van der Waals surface area contributed by atoms with E-state index in [9.17, 15) is 19.5 Å². The average Bonchev–Trinajstić information content (AvgIpc) is 3.94. The van der Waals surface area contributed by atoms with Crippen molar-refractivity contribution >= 4 is 52.2 Å². The van der Waals surface area contributed by atoms with Gasteiger partial charge < -0.3 is 24.8 Å². The molecule has 14 heteroatoms. The first-order chi connectivity index (χ1) is 32.4. The van der Waals surface area contributed by atoms with Gasteiger partial charge in [0, 0.05) is 37.7 Å². The van der Waals surface area contributed by atoms with Crippen molar-refractivity contribution in [2.24, 2.45) is 22.2 Å². The number of amides is 3. The number of halogens is 1. The monoisotopic (exact) mass is 960 g/mol. The molecule has 3 aromatic rings. The lowest BCUT2D eigenvalue weighted by molar-refractivity contribution is -0.143. The molecule has 2 N–H and O–H groups in total. The minimum absolute atomic E-state index is 0.0719. The van der Waals surface area contributed by atoms with Crippen LogP contribution in [0.15, 0.2) is 101 Å². The maximum atomic E-state index is 14.6. The number of hydrogen-bond donors (Lipinski definition) is 2. The van der Waals surface area contributed by atoms with E-state index < -0.39 is 34.3 Å². The molecule has 1 aromatic heterocycles. The van der Waals surface area contributed by atoms with E-state index >= 15 is 0 Å². The normalized spacial score (nSPS) is 26.7. The number of amidine groups is 1. The van der Waals surface area contributed by atoms with Gasteiger partial charge in [-0.1, -0.05) is 62.4 Å². The van der Waals surface area contributed by atoms with Crippen molar-refractivity contribution in [2.75, 3.05) is 37.7 Å². The number of aliphatic hydroxyl groups is 1. The van der Waals surface area contributed by atoms with Crippen molar-refractivity contribution in [1.82, 2.24) is 20.1 Å². The number of thiazole rings is 1. The SMILES string of the molecule is Cc1ncsc1-c1ccc([C@H](C)NC(=O)[C@@H]2C[C@@H](O)CN2C(=O)[C@@H](C2=CC(OCCN3CCC(c4ccc5c(c4)C(C)(C)C4=NC(=O)C6(C)C(=CC=CC6Cl)N45)CC3)=CCC(C)O2)C(C)C)cc1. The maximum absolute atomic E-state index is 14.6. The van der Waals surface area contributed by atoms with Crippen molar-refractivity contribution < 1.29 is 29.0 Å². The Morgan fingerprint density at radius 3 is 2.54 bits per heavy atom. The molecular formula is C54H65ClN6O6S. The van der Waals surface area contributed by atoms with Crippen molar-refractivity contribution in [3.8, 4) is 10.4 Å². The quantitative estimate of drug-likeness (QED) is 0.171. The van der Waals surface area contributed by atoms with Gasteiger partial charge in [0.1, 0.15) is 35.4 Å². The molecule has 5 aliphatic heterocycles. The number of aryl methyl sites for hydroxylation is 1. The van der Waals surface area contributed by atoms with E-state index in [4.69, 9.17) is 26.1 Å². The highest BCUT2D eigenvalue weighted by molar-refractivity contribution is 7.13. The molecule has 2 aromatic carbocycles. The second kappa shape index (κ2) is 19.0. The predicted molar refractivity (Wildman–Crippen MR) is 268 cm³/mol. The lowest BCUT2D eigenvalue weighted by Gasteiger charge is -2.43. The second-order valence-electron chi connectivity index (χ2n) is 20.5. The molecule has 2 saturated heterocycles. The smallest absolute Gasteiger partial charge is 0.261 e. The first kappa shape index (κ1) is 48.0. The van der Waals surface area contributed by atoms with E-state index in [1.165, 1.54) is 11.1 Å². The standard InChI is InChI=1S/C54H65ClN6O6S/c1-31(2)47(50(64)60-29-39(62)27-43(60)49(63)57-33(4)35-13-15-37(16-14-35)48-34(5)56-30-68-48)44-28-40(18-12-32(3)67-44)66-25-24-59-22-20-36(21-23-59)38-17-19-42-41(26-38)53(6,7)51-58-52(65)54(8)45(55)10-9-11-46(54)61(42)51/h9-11,13-19,26,28,30-33,36,39,43,45,47,62H,12,20-25,27,29H2,1-8H3,(H,57,63)/t32?,33-,39+,43-,45?,47+,54?/m0/s1. The van der Waals surface area contributed by atoms with Gasteiger partial charge in [0.25, 0.3) is 5.91 Å². The first-order valence-corrected chi connectivity index (χ1v) is 25.6. The molecule has 7 atom stereocenters. The molecule has 0 radical (unpaired) electrons. The predicted octanol–water partition coefficient (Wildman–Crippen LogP) is 9.11. The van der Waals surface area contributed by atoms with Gasteiger partial charge in [-0.25, -0.2) is 4.98 Å². The van der Waals surface area contributed by atoms with Crippen LogP contribution in [-0.4, -0.2) is 99.9 Å². The number of aromatic nitrogens is 1. The van der Waals surface area contributed by atoms with Crippen LogP contribution in [0.3, 0.4) is 0 Å². The molecule has 0 bridgehead atoms. The van der Waals surface area contributed by atoms with Crippen LogP contribution in [0.25, 0.3) is 10.4 Å². The number of aliphatic hydroxyl groups excluding tert-OH is 1. The summed E-state index contributed by atoms with van der Waals surface area (Å²) in [6.07, 6.45) is 11.5. The fraction of sp³-hybridized carbons (Fsp3) is 0.500. The third-order valence-electron chi connectivity index (χ3n) is 15.1. The summed E-state index contributed by atoms with van der Waals surface area (Å²) in [5.41, 5.74) is 7.93. The number of rotatable bonds is 12. The Bertz CT molecular complexity index is 2610. The van der Waals surface area contributed by atoms with E-state index in [0.29, 0.717) is 30.5 Å². The highest BCUT2D eigenvalue weighted by Crippen LogP contribution is 2.53. The molecule has 0 saturated carbocycles. The highest BCUT2D eigenvalue weighted by Gasteiger charge is 2.56. The Kier molecular flexibility index (Phi) is 13.4. The lowest BCUT2D eigenvalue weighted by Crippen LogP contribution is -2.52. The van der Waals surface area contributed by atoms with Crippen molar-refractivity contribution in [2.45, 2.75) is 122 Å². The summed E-state index contributed by atoms with van der Waals surface area (Å²) >= 11 is 8.35. The number of anilines is 1. The second-order valence-corrected chi connectivity index (χ2v) is 21.9. The minimum Gasteiger partial charge on any atom is -0.494 e. The van der Waals surface area contributed by atoms with Crippen LogP contribution < -0.4 is 10.2 Å². The number of carbonyl (C=O) groups is 3. The largest absolute Gasteiger partial charge is 0.494 e. The molecule has 12 nitrogen and oxygen atoms in total. The number of nitrogens with one attached hydrogen (secondary N) is 1. The van der Waals surface area contributed by atoms with Gasteiger partial charge in [-0.15, -0.1) is 22.9 Å². The number of alkyl halides is 1. The number of β-amino-alcohol motifs (C(OH)–C–C–N with tert-alkyl or cyclic N) is 1. The van der Waals surface area contributed by atoms with Gasteiger partial charge in [-0.3, -0.25) is 24.2 Å². The third-order valence-corrected chi connectivity index (χ3v) is 16.7. The number of hydrogen-bond acceptors (Lipinski definition) is 10. The Hall–Kier alpha value is -5.08. The van der Waals surface area contributed by atoms with Gasteiger partial charge in [-0.2, -0.15) is 4.99 Å². The molecule has 6 aliphatic rings. The van der Waals surface area contributed by atoms with Crippen LogP contribution in [0.5, 0.6) is 0 Å². The van der Waals surface area contributed by atoms with Gasteiger partial charge in [0.2, 0.25) is 11.8 Å². The Balaban J connectivity index is 0.811. The Morgan fingerprint density at radius 1 is 1.09 bits per heavy atom. The van der Waals surface area contributed by atoms with Crippen LogP contribution in [-0.2, 0) is 29.3 Å². The molecule has 3 amide bonds. The Morgan fingerprint density at radius 2 is 1.84 bits per heavy atom. The molecule has 3 unspecified atom stereocenters. The topological polar surface area (TPSA) is 137 Å². The zero-order chi connectivity index (χ0) is 48.2. The minimum atomic E-state index is -0.916. The summed E-state index contributed by atoms with van der Waals surface area (Å²) < 4.78 is 12.9. The molecule has 9 rings (SSSR count). The molecule has 6 heterocycles. The fourth-order valence-electron chi connectivity index (χ4n) is 10.9. The van der Waals surface area contributed by atoms with Crippen LogP contribution in [0, 0.1) is 24.2 Å². The number of carbonyl (C=O) groups excluding carboxylic acids is 3. The number of fused-ring (bicyclic) bond motifs is 5. The third kappa shape index (κ3) is 8.88. The van der Waals surface area contributed by atoms with Gasteiger partial charge in [0.15, 0.2) is 0 Å². The first-order valence-electron chi connectivity index (χ1n) is 24.3. The molecule has 2 fully saturated rings. The number of allylic oxidation sites excluding steroid dienone is 4. The number of ether oxygens (including phenoxy) is 2. The maximum Gasteiger partial charge on any atom is 0.261 e. The summed E-state index contributed by atoms with van der Waals surface area (Å²) in [6, 6.07) is 13.8. The van der Waals surface area contributed by atoms with Crippen LogP contribution in [0.2, 0.25) is 0 Å². The van der Waals surface area contributed by atoms with Gasteiger partial charge in [-0.05, 0) is 120 Å². The van der Waals surface area contributed by atoms with E-state index in [1.807, 2.05) is 102 Å².